The number of hydroxylamine groups is 1. The predicted molar refractivity (Wildman–Crippen MR) is 61.3 cm³/mol. The number of alkyl halides is 3. The number of halogens is 4. The molecule has 0 aromatic heterocycles. The number of benzene rings is 1. The van der Waals surface area contributed by atoms with Crippen molar-refractivity contribution in [1.29, 1.82) is 0 Å². The smallest absolute Gasteiger partial charge is 0.414 e. The normalized spacial score (nSPS) is 12.1. The van der Waals surface area contributed by atoms with E-state index < -0.39 is 30.1 Å². The molecule has 1 N–H and O–H groups in total. The fourth-order valence-corrected chi connectivity index (χ4v) is 1.15. The largest absolute Gasteiger partial charge is 0.478 e. The zero-order valence-corrected chi connectivity index (χ0v) is 10.8. The number of hydrogen-bond donors (Lipinski definition) is 1. The van der Waals surface area contributed by atoms with Gasteiger partial charge in [-0.15, -0.1) is 0 Å². The van der Waals surface area contributed by atoms with E-state index in [2.05, 4.69) is 4.84 Å². The Labute approximate surface area is 112 Å². The van der Waals surface area contributed by atoms with Gasteiger partial charge in [-0.25, -0.2) is 9.87 Å². The molecule has 20 heavy (non-hydrogen) atoms. The summed E-state index contributed by atoms with van der Waals surface area (Å²) in [7, 11) is 0. The molecule has 0 saturated carbocycles. The monoisotopic (exact) mass is 295 g/mol. The van der Waals surface area contributed by atoms with Gasteiger partial charge in [0.1, 0.15) is 11.6 Å². The van der Waals surface area contributed by atoms with E-state index in [1.807, 2.05) is 0 Å². The van der Waals surface area contributed by atoms with Crippen LogP contribution >= 0.6 is 0 Å². The molecule has 0 aliphatic heterocycles. The molecule has 8 heteroatoms. The van der Waals surface area contributed by atoms with Crippen LogP contribution in [0.3, 0.4) is 0 Å². The molecule has 1 rings (SSSR count). The summed E-state index contributed by atoms with van der Waals surface area (Å²) in [5.74, 6) is -1.18. The number of carbonyl (C=O) groups excluding carboxylic acids is 1. The molecule has 0 bridgehead atoms. The summed E-state index contributed by atoms with van der Waals surface area (Å²) < 4.78 is 53.5. The molecule has 4 nitrogen and oxygen atoms in total. The zero-order chi connectivity index (χ0) is 15.4. The van der Waals surface area contributed by atoms with Crippen molar-refractivity contribution in [3.05, 3.63) is 30.1 Å². The van der Waals surface area contributed by atoms with Crippen LogP contribution in [0.2, 0.25) is 0 Å². The number of carbonyl (C=O) groups is 1. The Kier molecular flexibility index (Phi) is 4.93. The first-order valence-electron chi connectivity index (χ1n) is 5.54. The van der Waals surface area contributed by atoms with Crippen molar-refractivity contribution in [3.8, 4) is 5.75 Å². The van der Waals surface area contributed by atoms with Crippen molar-refractivity contribution < 1.29 is 31.9 Å². The molecule has 0 aliphatic carbocycles. The quantitative estimate of drug-likeness (QED) is 0.671. The third kappa shape index (κ3) is 5.43. The van der Waals surface area contributed by atoms with Crippen LogP contribution in [0.25, 0.3) is 0 Å². The van der Waals surface area contributed by atoms with E-state index in [0.29, 0.717) is 0 Å². The van der Waals surface area contributed by atoms with E-state index in [9.17, 15) is 22.4 Å². The molecule has 0 fully saturated rings. The molecular weight excluding hydrogens is 282 g/mol. The number of amides is 1. The fraction of sp³-hybridized carbons (Fsp3) is 0.417. The summed E-state index contributed by atoms with van der Waals surface area (Å²) in [5.41, 5.74) is 0.170. The maximum atomic E-state index is 12.7. The van der Waals surface area contributed by atoms with E-state index in [4.69, 9.17) is 4.74 Å². The molecule has 1 aromatic carbocycles. The lowest BCUT2D eigenvalue weighted by atomic mass is 10.1. The number of ether oxygens (including phenoxy) is 1. The second kappa shape index (κ2) is 6.08. The first-order valence-corrected chi connectivity index (χ1v) is 5.54. The van der Waals surface area contributed by atoms with Gasteiger partial charge in [0, 0.05) is 0 Å². The highest BCUT2D eigenvalue weighted by molar-refractivity contribution is 5.83. The van der Waals surface area contributed by atoms with E-state index in [1.54, 1.807) is 5.48 Å². The van der Waals surface area contributed by atoms with Crippen LogP contribution in [0.15, 0.2) is 24.3 Å². The van der Waals surface area contributed by atoms with Gasteiger partial charge in [-0.1, -0.05) is 0 Å². The molecule has 0 unspecified atom stereocenters. The Morgan fingerprint density at radius 2 is 1.75 bits per heavy atom. The fourth-order valence-electron chi connectivity index (χ4n) is 1.15. The molecule has 112 valence electrons. The van der Waals surface area contributed by atoms with Gasteiger partial charge in [-0.3, -0.25) is 9.63 Å². The molecule has 0 spiro atoms. The van der Waals surface area contributed by atoms with Gasteiger partial charge >= 0.3 is 6.18 Å². The van der Waals surface area contributed by atoms with Gasteiger partial charge in [0.15, 0.2) is 12.2 Å². The first kappa shape index (κ1) is 16.2. The lowest BCUT2D eigenvalue weighted by Gasteiger charge is -2.25. The molecule has 0 heterocycles. The Morgan fingerprint density at radius 3 is 2.25 bits per heavy atom. The summed E-state index contributed by atoms with van der Waals surface area (Å²) in [5, 5.41) is 0. The van der Waals surface area contributed by atoms with Gasteiger partial charge < -0.3 is 4.74 Å². The summed E-state index contributed by atoms with van der Waals surface area (Å²) in [6, 6.07) is 4.84. The Bertz CT molecular complexity index is 457. The maximum absolute atomic E-state index is 12.7. The van der Waals surface area contributed by atoms with Gasteiger partial charge in [0.25, 0.3) is 5.91 Å². The highest BCUT2D eigenvalue weighted by Gasteiger charge is 2.33. The highest BCUT2D eigenvalue weighted by atomic mass is 19.4. The lowest BCUT2D eigenvalue weighted by Crippen LogP contribution is -2.47. The van der Waals surface area contributed by atoms with Gasteiger partial charge in [-0.05, 0) is 38.1 Å². The average Bonchev–Trinajstić information content (AvgIpc) is 2.30. The minimum Gasteiger partial charge on any atom is -0.478 e. The molecule has 0 aliphatic rings. The van der Waals surface area contributed by atoms with Gasteiger partial charge in [0.05, 0.1) is 0 Å². The van der Waals surface area contributed by atoms with Crippen LogP contribution in [-0.2, 0) is 9.63 Å². The minimum atomic E-state index is -4.55. The van der Waals surface area contributed by atoms with Crippen molar-refractivity contribution in [2.24, 2.45) is 0 Å². The lowest BCUT2D eigenvalue weighted by molar-refractivity contribution is -0.195. The molecule has 0 radical (unpaired) electrons. The van der Waals surface area contributed by atoms with Crippen LogP contribution in [0.5, 0.6) is 5.75 Å². The summed E-state index contributed by atoms with van der Waals surface area (Å²) >= 11 is 0. The van der Waals surface area contributed by atoms with Crippen LogP contribution in [0.4, 0.5) is 17.6 Å². The Morgan fingerprint density at radius 1 is 1.20 bits per heavy atom. The second-order valence-electron chi connectivity index (χ2n) is 4.40. The number of rotatable bonds is 5. The van der Waals surface area contributed by atoms with E-state index in [0.717, 1.165) is 12.1 Å². The van der Waals surface area contributed by atoms with Gasteiger partial charge in [-0.2, -0.15) is 13.2 Å². The van der Waals surface area contributed by atoms with Gasteiger partial charge in [0.2, 0.25) is 0 Å². The van der Waals surface area contributed by atoms with Crippen LogP contribution in [0, 0.1) is 5.82 Å². The van der Waals surface area contributed by atoms with Crippen LogP contribution in [-0.4, -0.2) is 24.3 Å². The zero-order valence-electron chi connectivity index (χ0n) is 10.8. The molecule has 1 aromatic rings. The van der Waals surface area contributed by atoms with Crippen LogP contribution < -0.4 is 10.2 Å². The predicted octanol–water partition coefficient (Wildman–Crippen LogP) is 2.59. The van der Waals surface area contributed by atoms with Crippen molar-refractivity contribution in [3.63, 3.8) is 0 Å². The highest BCUT2D eigenvalue weighted by Crippen LogP contribution is 2.19. The minimum absolute atomic E-state index is 0.197. The molecule has 0 saturated heterocycles. The molecular formula is C12H13F4NO3. The molecule has 0 atom stereocenters. The second-order valence-corrected chi connectivity index (χ2v) is 4.40. The third-order valence-corrected chi connectivity index (χ3v) is 2.13. The maximum Gasteiger partial charge on any atom is 0.414 e. The number of nitrogens with one attached hydrogen (secondary N) is 1. The Balaban J connectivity index is 2.54. The Hall–Kier alpha value is -1.83. The standard InChI is InChI=1S/C12H13F4NO3/c1-11(2,10(18)17-19-7-12(14,15)16)20-9-5-3-8(13)4-6-9/h3-6H,7H2,1-2H3,(H,17,18). The average molecular weight is 295 g/mol. The van der Waals surface area contributed by atoms with E-state index in [1.165, 1.54) is 26.0 Å². The van der Waals surface area contributed by atoms with E-state index >= 15 is 0 Å². The third-order valence-electron chi connectivity index (χ3n) is 2.13. The van der Waals surface area contributed by atoms with Crippen molar-refractivity contribution in [2.75, 3.05) is 6.61 Å². The number of hydrogen-bond acceptors (Lipinski definition) is 3. The molecule has 1 amide bonds. The van der Waals surface area contributed by atoms with Crippen molar-refractivity contribution >= 4 is 5.91 Å². The summed E-state index contributed by atoms with van der Waals surface area (Å²) in [6.07, 6.45) is -4.55. The summed E-state index contributed by atoms with van der Waals surface area (Å²) in [6.45, 7) is 1.07. The van der Waals surface area contributed by atoms with Crippen molar-refractivity contribution in [1.82, 2.24) is 5.48 Å². The van der Waals surface area contributed by atoms with E-state index in [-0.39, 0.29) is 5.75 Å². The van der Waals surface area contributed by atoms with Crippen LogP contribution in [0.1, 0.15) is 13.8 Å². The first-order chi connectivity index (χ1) is 9.10. The SMILES string of the molecule is CC(C)(Oc1ccc(F)cc1)C(=O)NOCC(F)(F)F. The topological polar surface area (TPSA) is 47.6 Å². The summed E-state index contributed by atoms with van der Waals surface area (Å²) in [4.78, 5) is 15.7. The van der Waals surface area contributed by atoms with Crippen molar-refractivity contribution in [2.45, 2.75) is 25.6 Å².